The molecule has 3 heterocycles. The van der Waals surface area contributed by atoms with Crippen molar-refractivity contribution >= 4 is 29.9 Å². The van der Waals surface area contributed by atoms with Crippen LogP contribution in [0.1, 0.15) is 49.0 Å². The third kappa shape index (κ3) is 8.41. The van der Waals surface area contributed by atoms with Crippen LogP contribution in [0.3, 0.4) is 0 Å². The highest BCUT2D eigenvalue weighted by atomic mass is 127. The van der Waals surface area contributed by atoms with E-state index in [1.807, 2.05) is 12.1 Å². The van der Waals surface area contributed by atoms with Gasteiger partial charge in [-0.1, -0.05) is 24.3 Å². The molecule has 2 saturated heterocycles. The van der Waals surface area contributed by atoms with E-state index in [9.17, 15) is 0 Å². The van der Waals surface area contributed by atoms with E-state index in [1.165, 1.54) is 49.9 Å². The summed E-state index contributed by atoms with van der Waals surface area (Å²) in [6.45, 7) is 6.62. The van der Waals surface area contributed by atoms with Crippen molar-refractivity contribution in [3.63, 3.8) is 0 Å². The molecule has 1 aromatic carbocycles. The third-order valence-electron chi connectivity index (χ3n) is 6.06. The zero-order chi connectivity index (χ0) is 21.1. The van der Waals surface area contributed by atoms with Gasteiger partial charge in [-0.2, -0.15) is 0 Å². The monoisotopic (exact) mass is 552 g/mol. The van der Waals surface area contributed by atoms with Gasteiger partial charge in [0.15, 0.2) is 5.96 Å². The summed E-state index contributed by atoms with van der Waals surface area (Å²) in [5.74, 6) is 1.82. The second-order valence-electron chi connectivity index (χ2n) is 8.59. The Morgan fingerprint density at radius 2 is 1.81 bits per heavy atom. The van der Waals surface area contributed by atoms with Crippen LogP contribution in [0.5, 0.6) is 0 Å². The minimum Gasteiger partial charge on any atom is -0.469 e. The Bertz CT molecular complexity index is 783. The summed E-state index contributed by atoms with van der Waals surface area (Å²) in [5, 5.41) is 6.92. The van der Waals surface area contributed by atoms with E-state index in [-0.39, 0.29) is 30.1 Å². The molecule has 0 saturated carbocycles. The molecule has 1 aromatic heterocycles. The Morgan fingerprint density at radius 1 is 1.00 bits per heavy atom. The molecule has 2 N–H and O–H groups in total. The van der Waals surface area contributed by atoms with Gasteiger partial charge in [0.25, 0.3) is 0 Å². The SMILES string of the molecule is I.c1coc(CCNC(=NCc2ccc(CN3CCCC3)cc2)NCC2CCCCO2)c1. The maximum atomic E-state index is 5.86. The summed E-state index contributed by atoms with van der Waals surface area (Å²) in [6.07, 6.45) is 9.03. The van der Waals surface area contributed by atoms with Crippen LogP contribution < -0.4 is 10.6 Å². The van der Waals surface area contributed by atoms with Crippen molar-refractivity contribution in [2.75, 3.05) is 32.8 Å². The molecule has 1 atom stereocenters. The zero-order valence-electron chi connectivity index (χ0n) is 18.9. The Kier molecular flexibility index (Phi) is 10.8. The highest BCUT2D eigenvalue weighted by Gasteiger charge is 2.14. The molecule has 2 fully saturated rings. The van der Waals surface area contributed by atoms with Crippen molar-refractivity contribution in [3.05, 3.63) is 59.5 Å². The van der Waals surface area contributed by atoms with E-state index >= 15 is 0 Å². The lowest BCUT2D eigenvalue weighted by molar-refractivity contribution is 0.0194. The molecular formula is C25H37IN4O2. The first kappa shape index (κ1) is 25.1. The molecule has 0 bridgehead atoms. The predicted molar refractivity (Wildman–Crippen MR) is 140 cm³/mol. The van der Waals surface area contributed by atoms with E-state index in [4.69, 9.17) is 14.1 Å². The van der Waals surface area contributed by atoms with Gasteiger partial charge in [-0.05, 0) is 68.5 Å². The van der Waals surface area contributed by atoms with Gasteiger partial charge >= 0.3 is 0 Å². The summed E-state index contributed by atoms with van der Waals surface area (Å²) in [4.78, 5) is 7.36. The van der Waals surface area contributed by atoms with E-state index in [0.29, 0.717) is 6.54 Å². The van der Waals surface area contributed by atoms with Gasteiger partial charge in [-0.25, -0.2) is 4.99 Å². The number of rotatable bonds is 9. The maximum Gasteiger partial charge on any atom is 0.191 e. The lowest BCUT2D eigenvalue weighted by Gasteiger charge is -2.23. The average Bonchev–Trinajstić information content (AvgIpc) is 3.51. The largest absolute Gasteiger partial charge is 0.469 e. The van der Waals surface area contributed by atoms with Crippen molar-refractivity contribution in [3.8, 4) is 0 Å². The molecule has 6 nitrogen and oxygen atoms in total. The van der Waals surface area contributed by atoms with Crippen molar-refractivity contribution in [2.45, 2.75) is 57.7 Å². The first-order valence-corrected chi connectivity index (χ1v) is 11.8. The number of guanidine groups is 1. The van der Waals surface area contributed by atoms with Crippen LogP contribution in [0.4, 0.5) is 0 Å². The molecule has 4 rings (SSSR count). The normalized spacial score (nSPS) is 19.5. The summed E-state index contributed by atoms with van der Waals surface area (Å²) in [7, 11) is 0. The van der Waals surface area contributed by atoms with Gasteiger partial charge in [0.2, 0.25) is 0 Å². The molecule has 0 amide bonds. The van der Waals surface area contributed by atoms with E-state index in [0.717, 1.165) is 50.8 Å². The fourth-order valence-corrected chi connectivity index (χ4v) is 4.23. The number of nitrogens with one attached hydrogen (secondary N) is 2. The molecule has 0 spiro atoms. The number of halogens is 1. The molecule has 2 aliphatic heterocycles. The number of hydrogen-bond donors (Lipinski definition) is 2. The molecule has 1 unspecified atom stereocenters. The highest BCUT2D eigenvalue weighted by Crippen LogP contribution is 2.14. The Morgan fingerprint density at radius 3 is 2.53 bits per heavy atom. The van der Waals surface area contributed by atoms with E-state index in [2.05, 4.69) is 39.8 Å². The molecule has 0 aliphatic carbocycles. The van der Waals surface area contributed by atoms with Gasteiger partial charge in [-0.15, -0.1) is 24.0 Å². The number of nitrogens with zero attached hydrogens (tertiary/aromatic N) is 2. The van der Waals surface area contributed by atoms with E-state index in [1.54, 1.807) is 6.26 Å². The van der Waals surface area contributed by atoms with Crippen LogP contribution >= 0.6 is 24.0 Å². The lowest BCUT2D eigenvalue weighted by atomic mass is 10.1. The minimum atomic E-state index is 0. The number of likely N-dealkylation sites (tertiary alicyclic amines) is 1. The van der Waals surface area contributed by atoms with Crippen molar-refractivity contribution in [1.29, 1.82) is 0 Å². The fourth-order valence-electron chi connectivity index (χ4n) is 4.23. The molecule has 0 radical (unpaired) electrons. The molecule has 2 aliphatic rings. The Labute approximate surface area is 209 Å². The van der Waals surface area contributed by atoms with Crippen molar-refractivity contribution in [2.24, 2.45) is 4.99 Å². The second-order valence-corrected chi connectivity index (χ2v) is 8.59. The Hall–Kier alpha value is -1.58. The quantitative estimate of drug-likeness (QED) is 0.276. The molecule has 7 heteroatoms. The second kappa shape index (κ2) is 13.9. The molecule has 32 heavy (non-hydrogen) atoms. The van der Waals surface area contributed by atoms with Gasteiger partial charge in [0, 0.05) is 32.7 Å². The van der Waals surface area contributed by atoms with Crippen molar-refractivity contribution < 1.29 is 9.15 Å². The predicted octanol–water partition coefficient (Wildman–Crippen LogP) is 4.34. The first-order valence-electron chi connectivity index (χ1n) is 11.8. The number of furan rings is 1. The van der Waals surface area contributed by atoms with Crippen LogP contribution in [0.25, 0.3) is 0 Å². The van der Waals surface area contributed by atoms with Crippen LogP contribution in [-0.4, -0.2) is 49.7 Å². The van der Waals surface area contributed by atoms with Crippen molar-refractivity contribution in [1.82, 2.24) is 15.5 Å². The highest BCUT2D eigenvalue weighted by molar-refractivity contribution is 14.0. The van der Waals surface area contributed by atoms with Gasteiger partial charge < -0.3 is 19.8 Å². The number of ether oxygens (including phenoxy) is 1. The molecule has 176 valence electrons. The topological polar surface area (TPSA) is 62.0 Å². The van der Waals surface area contributed by atoms with Gasteiger partial charge in [-0.3, -0.25) is 4.90 Å². The number of aliphatic imine (C=N–C) groups is 1. The molecular weight excluding hydrogens is 515 g/mol. The number of hydrogen-bond acceptors (Lipinski definition) is 4. The first-order chi connectivity index (χ1) is 15.3. The third-order valence-corrected chi connectivity index (χ3v) is 6.06. The smallest absolute Gasteiger partial charge is 0.191 e. The maximum absolute atomic E-state index is 5.86. The summed E-state index contributed by atoms with van der Waals surface area (Å²) in [6, 6.07) is 12.8. The average molecular weight is 553 g/mol. The summed E-state index contributed by atoms with van der Waals surface area (Å²) < 4.78 is 11.3. The summed E-state index contributed by atoms with van der Waals surface area (Å²) in [5.41, 5.74) is 2.62. The van der Waals surface area contributed by atoms with Crippen LogP contribution in [0.15, 0.2) is 52.1 Å². The van der Waals surface area contributed by atoms with Crippen LogP contribution in [0, 0.1) is 0 Å². The van der Waals surface area contributed by atoms with Crippen LogP contribution in [-0.2, 0) is 24.2 Å². The fraction of sp³-hybridized carbons (Fsp3) is 0.560. The molecule has 2 aromatic rings. The lowest BCUT2D eigenvalue weighted by Crippen LogP contribution is -2.43. The summed E-state index contributed by atoms with van der Waals surface area (Å²) >= 11 is 0. The Balaban J connectivity index is 0.00000289. The van der Waals surface area contributed by atoms with Gasteiger partial charge in [0.1, 0.15) is 5.76 Å². The minimum absolute atomic E-state index is 0. The van der Waals surface area contributed by atoms with Crippen LogP contribution in [0.2, 0.25) is 0 Å². The van der Waals surface area contributed by atoms with E-state index < -0.39 is 0 Å². The zero-order valence-corrected chi connectivity index (χ0v) is 21.3. The number of benzene rings is 1. The standard InChI is InChI=1S/C25H36N4O2.HI/c1-4-16-31-24(6-1)19-28-25(26-13-12-23-7-5-17-30-23)27-18-21-8-10-22(11-9-21)20-29-14-2-3-15-29;/h5,7-11,17,24H,1-4,6,12-16,18-20H2,(H2,26,27,28);1H. The van der Waals surface area contributed by atoms with Gasteiger partial charge in [0.05, 0.1) is 18.9 Å².